The van der Waals surface area contributed by atoms with Crippen molar-refractivity contribution in [1.82, 2.24) is 19.7 Å². The van der Waals surface area contributed by atoms with Crippen LogP contribution in [0.3, 0.4) is 0 Å². The first kappa shape index (κ1) is 34.4. The molecule has 12 heteroatoms. The zero-order chi connectivity index (χ0) is 34.8. The Labute approximate surface area is 282 Å². The Hall–Kier alpha value is -4.45. The maximum Gasteiger partial charge on any atom is 0.410 e. The number of benzene rings is 2. The molecule has 2 aromatic heterocycles. The van der Waals surface area contributed by atoms with Crippen LogP contribution in [0.5, 0.6) is 5.88 Å². The predicted octanol–water partition coefficient (Wildman–Crippen LogP) is 8.96. The highest BCUT2D eigenvalue weighted by Crippen LogP contribution is 2.41. The number of carbonyl (C=O) groups is 1. The van der Waals surface area contributed by atoms with E-state index in [1.54, 1.807) is 65.6 Å². The molecule has 2 saturated heterocycles. The number of hydrogen-bond donors (Lipinski definition) is 0. The molecule has 2 fully saturated rings. The standard InChI is InChI=1S/C37H40F4N4O4/c1-36(2,3)49-35(46)44-18-9-12-27(23-44)48-31-17-15-26(22-42-31)33(29(21-37(39,40)41)24-10-5-4-6-11-24)25-14-16-30-28(20-25)34(38)43-45(30)32-13-7-8-19-47-32/h4-6,10-11,14-17,20,22,27,32H,7-9,12-13,18-19,21,23H2,1-3H3/b33-29-. The van der Waals surface area contributed by atoms with E-state index in [0.29, 0.717) is 54.7 Å². The molecule has 0 radical (unpaired) electrons. The van der Waals surface area contributed by atoms with E-state index in [1.165, 1.54) is 10.9 Å². The van der Waals surface area contributed by atoms with Crippen molar-refractivity contribution in [3.8, 4) is 5.88 Å². The van der Waals surface area contributed by atoms with E-state index in [-0.39, 0.29) is 28.5 Å². The van der Waals surface area contributed by atoms with Gasteiger partial charge in [-0.1, -0.05) is 36.4 Å². The monoisotopic (exact) mass is 680 g/mol. The smallest absolute Gasteiger partial charge is 0.410 e. The Morgan fingerprint density at radius 3 is 2.41 bits per heavy atom. The number of hydrogen-bond acceptors (Lipinski definition) is 6. The van der Waals surface area contributed by atoms with Gasteiger partial charge in [0.05, 0.1) is 23.9 Å². The van der Waals surface area contributed by atoms with Gasteiger partial charge in [0.2, 0.25) is 11.8 Å². The van der Waals surface area contributed by atoms with Gasteiger partial charge in [-0.15, -0.1) is 5.10 Å². The predicted molar refractivity (Wildman–Crippen MR) is 177 cm³/mol. The van der Waals surface area contributed by atoms with Crippen molar-refractivity contribution < 1.29 is 36.6 Å². The molecule has 2 aliphatic rings. The zero-order valence-corrected chi connectivity index (χ0v) is 27.8. The molecular weight excluding hydrogens is 640 g/mol. The molecule has 1 amide bonds. The Balaban J connectivity index is 1.37. The molecule has 8 nitrogen and oxygen atoms in total. The van der Waals surface area contributed by atoms with Crippen LogP contribution < -0.4 is 4.74 Å². The number of nitrogens with zero attached hydrogens (tertiary/aromatic N) is 4. The highest BCUT2D eigenvalue weighted by molar-refractivity contribution is 6.00. The second-order valence-electron chi connectivity index (χ2n) is 13.5. The summed E-state index contributed by atoms with van der Waals surface area (Å²) in [7, 11) is 0. The summed E-state index contributed by atoms with van der Waals surface area (Å²) < 4.78 is 77.1. The average molecular weight is 681 g/mol. The van der Waals surface area contributed by atoms with Crippen molar-refractivity contribution in [3.05, 3.63) is 89.5 Å². The molecular formula is C37H40F4N4O4. The van der Waals surface area contributed by atoms with Crippen LogP contribution in [0.15, 0.2) is 66.9 Å². The van der Waals surface area contributed by atoms with Gasteiger partial charge < -0.3 is 19.1 Å². The lowest BCUT2D eigenvalue weighted by Crippen LogP contribution is -2.46. The van der Waals surface area contributed by atoms with Gasteiger partial charge in [0.1, 0.15) is 11.7 Å². The first-order chi connectivity index (χ1) is 23.3. The summed E-state index contributed by atoms with van der Waals surface area (Å²) in [5, 5.41) is 4.30. The second-order valence-corrected chi connectivity index (χ2v) is 13.5. The minimum absolute atomic E-state index is 0.0200. The maximum absolute atomic E-state index is 15.4. The molecule has 2 unspecified atom stereocenters. The first-order valence-corrected chi connectivity index (χ1v) is 16.6. The van der Waals surface area contributed by atoms with Crippen LogP contribution in [0.1, 0.15) is 82.2 Å². The molecule has 4 aromatic rings. The van der Waals surface area contributed by atoms with Gasteiger partial charge in [-0.05, 0) is 93.3 Å². The van der Waals surface area contributed by atoms with Gasteiger partial charge in [-0.2, -0.15) is 17.6 Å². The minimum Gasteiger partial charge on any atom is -0.472 e. The molecule has 6 rings (SSSR count). The maximum atomic E-state index is 15.4. The summed E-state index contributed by atoms with van der Waals surface area (Å²) in [6.45, 7) is 6.84. The summed E-state index contributed by atoms with van der Waals surface area (Å²) in [5.74, 6) is -0.455. The Bertz CT molecular complexity index is 1790. The summed E-state index contributed by atoms with van der Waals surface area (Å²) in [4.78, 5) is 18.7. The molecule has 0 spiro atoms. The number of rotatable bonds is 7. The number of piperidine rings is 1. The summed E-state index contributed by atoms with van der Waals surface area (Å²) in [6.07, 6.45) is -1.51. The molecule has 0 N–H and O–H groups in total. The van der Waals surface area contributed by atoms with Crippen molar-refractivity contribution in [1.29, 1.82) is 0 Å². The lowest BCUT2D eigenvalue weighted by Gasteiger charge is -2.34. The number of carbonyl (C=O) groups excluding carboxylic acids is 1. The van der Waals surface area contributed by atoms with Crippen molar-refractivity contribution in [3.63, 3.8) is 0 Å². The van der Waals surface area contributed by atoms with Gasteiger partial charge in [0.25, 0.3) is 0 Å². The number of amides is 1. The molecule has 49 heavy (non-hydrogen) atoms. The quantitative estimate of drug-likeness (QED) is 0.143. The molecule has 2 aromatic carbocycles. The molecule has 4 heterocycles. The first-order valence-electron chi connectivity index (χ1n) is 16.6. The van der Waals surface area contributed by atoms with E-state index in [4.69, 9.17) is 14.2 Å². The summed E-state index contributed by atoms with van der Waals surface area (Å²) in [5.41, 5.74) is 1.32. The fraction of sp³-hybridized carbons (Fsp3) is 0.432. The van der Waals surface area contributed by atoms with Gasteiger partial charge >= 0.3 is 12.3 Å². The zero-order valence-electron chi connectivity index (χ0n) is 27.8. The van der Waals surface area contributed by atoms with Crippen LogP contribution in [0, 0.1) is 5.95 Å². The van der Waals surface area contributed by atoms with E-state index in [9.17, 15) is 18.0 Å². The topological polar surface area (TPSA) is 78.7 Å². The largest absolute Gasteiger partial charge is 0.472 e. The number of likely N-dealkylation sites (tertiary alicyclic amines) is 1. The Kier molecular flexibility index (Phi) is 9.96. The number of alkyl halides is 3. The van der Waals surface area contributed by atoms with E-state index in [1.807, 2.05) is 20.8 Å². The summed E-state index contributed by atoms with van der Waals surface area (Å²) >= 11 is 0. The number of allylic oxidation sites excluding steroid dienone is 1. The van der Waals surface area contributed by atoms with Gasteiger partial charge in [-0.3, -0.25) is 0 Å². The summed E-state index contributed by atoms with van der Waals surface area (Å²) in [6, 6.07) is 16.5. The van der Waals surface area contributed by atoms with Crippen LogP contribution in [0.4, 0.5) is 22.4 Å². The second kappa shape index (κ2) is 14.2. The van der Waals surface area contributed by atoms with Crippen LogP contribution >= 0.6 is 0 Å². The van der Waals surface area contributed by atoms with E-state index in [2.05, 4.69) is 10.1 Å². The van der Waals surface area contributed by atoms with Gasteiger partial charge in [0.15, 0.2) is 6.23 Å². The molecule has 0 bridgehead atoms. The van der Waals surface area contributed by atoms with Crippen molar-refractivity contribution in [2.75, 3.05) is 19.7 Å². The fourth-order valence-corrected chi connectivity index (χ4v) is 6.38. The molecule has 260 valence electrons. The SMILES string of the molecule is CC(C)(C)OC(=O)N1CCCC(Oc2ccc(/C(=C(/CC(F)(F)F)c3ccccc3)c3ccc4c(c3)c(F)nn4C3CCCCO3)cn2)C1. The van der Waals surface area contributed by atoms with Crippen molar-refractivity contribution >= 4 is 28.1 Å². The number of pyridine rings is 1. The number of halogens is 4. The van der Waals surface area contributed by atoms with Crippen LogP contribution in [-0.2, 0) is 9.47 Å². The average Bonchev–Trinajstić information content (AvgIpc) is 3.40. The highest BCUT2D eigenvalue weighted by Gasteiger charge is 2.33. The number of ether oxygens (including phenoxy) is 3. The highest BCUT2D eigenvalue weighted by atomic mass is 19.4. The molecule has 0 aliphatic carbocycles. The number of fused-ring (bicyclic) bond motifs is 1. The number of aromatic nitrogens is 3. The molecule has 2 aliphatic heterocycles. The van der Waals surface area contributed by atoms with Crippen LogP contribution in [0.25, 0.3) is 22.0 Å². The van der Waals surface area contributed by atoms with Crippen LogP contribution in [-0.4, -0.2) is 63.3 Å². The minimum atomic E-state index is -4.54. The molecule has 2 atom stereocenters. The van der Waals surface area contributed by atoms with E-state index in [0.717, 1.165) is 19.3 Å². The van der Waals surface area contributed by atoms with Crippen molar-refractivity contribution in [2.24, 2.45) is 0 Å². The third kappa shape index (κ3) is 8.41. The lowest BCUT2D eigenvalue weighted by atomic mass is 9.88. The normalized spacial score (nSPS) is 19.4. The van der Waals surface area contributed by atoms with Gasteiger partial charge in [0, 0.05) is 31.0 Å². The Morgan fingerprint density at radius 1 is 0.959 bits per heavy atom. The third-order valence-electron chi connectivity index (χ3n) is 8.52. The van der Waals surface area contributed by atoms with E-state index >= 15 is 4.39 Å². The van der Waals surface area contributed by atoms with Crippen molar-refractivity contribution in [2.45, 2.75) is 83.4 Å². The Morgan fingerprint density at radius 2 is 1.73 bits per heavy atom. The van der Waals surface area contributed by atoms with E-state index < -0.39 is 36.5 Å². The lowest BCUT2D eigenvalue weighted by molar-refractivity contribution is -0.122. The van der Waals surface area contributed by atoms with Crippen LogP contribution in [0.2, 0.25) is 0 Å². The third-order valence-corrected chi connectivity index (χ3v) is 8.52. The van der Waals surface area contributed by atoms with Gasteiger partial charge in [-0.25, -0.2) is 14.5 Å². The molecule has 0 saturated carbocycles. The fourth-order valence-electron chi connectivity index (χ4n) is 6.38.